The van der Waals surface area contributed by atoms with Gasteiger partial charge in [0.1, 0.15) is 0 Å². The lowest BCUT2D eigenvalue weighted by Crippen LogP contribution is -2.38. The van der Waals surface area contributed by atoms with Crippen molar-refractivity contribution in [1.82, 2.24) is 14.7 Å². The second-order valence-electron chi connectivity index (χ2n) is 9.24. The maximum absolute atomic E-state index is 13.1. The number of carbonyl (C=O) groups is 2. The maximum atomic E-state index is 13.1. The van der Waals surface area contributed by atoms with Crippen LogP contribution in [0.5, 0.6) is 0 Å². The van der Waals surface area contributed by atoms with Crippen molar-refractivity contribution in [2.45, 2.75) is 12.7 Å². The molecule has 0 spiro atoms. The average molecular weight is 538 g/mol. The lowest BCUT2D eigenvalue weighted by atomic mass is 10.0. The quantitative estimate of drug-likeness (QED) is 0.364. The largest absolute Gasteiger partial charge is 0.416 e. The van der Waals surface area contributed by atoms with Gasteiger partial charge in [-0.1, -0.05) is 24.3 Å². The lowest BCUT2D eigenvalue weighted by Gasteiger charge is -2.26. The fraction of sp³-hybridized carbons (Fsp3) is 0.250. The van der Waals surface area contributed by atoms with Gasteiger partial charge in [-0.3, -0.25) is 19.2 Å². The number of nitrogens with one attached hydrogen (secondary N) is 1. The molecule has 5 rings (SSSR count). The van der Waals surface area contributed by atoms with Crippen molar-refractivity contribution in [2.75, 3.05) is 38.2 Å². The highest BCUT2D eigenvalue weighted by molar-refractivity contribution is 6.06. The van der Waals surface area contributed by atoms with Crippen molar-refractivity contribution in [2.24, 2.45) is 5.73 Å². The first-order valence-electron chi connectivity index (χ1n) is 12.4. The highest BCUT2D eigenvalue weighted by atomic mass is 19.4. The van der Waals surface area contributed by atoms with E-state index in [4.69, 9.17) is 10.5 Å². The Balaban J connectivity index is 1.40. The van der Waals surface area contributed by atoms with E-state index < -0.39 is 23.6 Å². The minimum atomic E-state index is -4.54. The van der Waals surface area contributed by atoms with Crippen LogP contribution < -0.4 is 11.1 Å². The van der Waals surface area contributed by atoms with Crippen molar-refractivity contribution in [3.05, 3.63) is 83.6 Å². The van der Waals surface area contributed by atoms with Crippen LogP contribution in [0.4, 0.5) is 18.9 Å². The highest BCUT2D eigenvalue weighted by Crippen LogP contribution is 2.31. The van der Waals surface area contributed by atoms with Crippen molar-refractivity contribution < 1.29 is 27.5 Å². The molecule has 8 nitrogen and oxygen atoms in total. The summed E-state index contributed by atoms with van der Waals surface area (Å²) in [5, 5.41) is 7.78. The van der Waals surface area contributed by atoms with Gasteiger partial charge in [0, 0.05) is 36.3 Å². The van der Waals surface area contributed by atoms with Gasteiger partial charge in [0.2, 0.25) is 0 Å². The Bertz CT molecular complexity index is 1530. The minimum Gasteiger partial charge on any atom is -0.379 e. The van der Waals surface area contributed by atoms with E-state index in [9.17, 15) is 22.8 Å². The fourth-order valence-electron chi connectivity index (χ4n) is 4.58. The Hall–Kier alpha value is -4.22. The van der Waals surface area contributed by atoms with Crippen LogP contribution in [0.2, 0.25) is 0 Å². The van der Waals surface area contributed by atoms with Gasteiger partial charge in [0.05, 0.1) is 30.8 Å². The molecule has 3 N–H and O–H groups in total. The molecule has 1 aliphatic rings. The first-order valence-corrected chi connectivity index (χ1v) is 12.4. The number of nitrogens with two attached hydrogens (primary N) is 1. The van der Waals surface area contributed by atoms with Crippen LogP contribution in [0.1, 0.15) is 26.4 Å². The number of carbonyl (C=O) groups excluding carboxylic acids is 2. The molecule has 1 fully saturated rings. The molecule has 0 saturated carbocycles. The predicted octanol–water partition coefficient (Wildman–Crippen LogP) is 4.41. The number of aromatic nitrogens is 2. The molecular formula is C28H26F3N5O3. The Labute approximate surface area is 222 Å². The molecule has 0 atom stereocenters. The molecular weight excluding hydrogens is 511 g/mol. The number of fused-ring (bicyclic) bond motifs is 1. The first-order chi connectivity index (χ1) is 18.7. The van der Waals surface area contributed by atoms with Gasteiger partial charge in [-0.2, -0.15) is 18.3 Å². The molecule has 2 heterocycles. The monoisotopic (exact) mass is 537 g/mol. The first kappa shape index (κ1) is 26.4. The topological polar surface area (TPSA) is 102 Å². The highest BCUT2D eigenvalue weighted by Gasteiger charge is 2.31. The van der Waals surface area contributed by atoms with Gasteiger partial charge >= 0.3 is 6.18 Å². The Morgan fingerprint density at radius 3 is 2.44 bits per heavy atom. The van der Waals surface area contributed by atoms with Crippen LogP contribution in [0.25, 0.3) is 22.0 Å². The third kappa shape index (κ3) is 5.94. The van der Waals surface area contributed by atoms with Gasteiger partial charge < -0.3 is 15.8 Å². The summed E-state index contributed by atoms with van der Waals surface area (Å²) in [6.45, 7) is 4.30. The number of anilines is 1. The summed E-state index contributed by atoms with van der Waals surface area (Å²) in [5.41, 5.74) is 7.53. The molecule has 0 radical (unpaired) electrons. The molecule has 4 aromatic rings. The zero-order valence-corrected chi connectivity index (χ0v) is 20.9. The number of rotatable bonds is 7. The Morgan fingerprint density at radius 1 is 0.949 bits per heavy atom. The van der Waals surface area contributed by atoms with Gasteiger partial charge in [0.15, 0.2) is 5.69 Å². The number of benzene rings is 3. The van der Waals surface area contributed by atoms with E-state index in [1.807, 2.05) is 18.2 Å². The average Bonchev–Trinajstić information content (AvgIpc) is 3.30. The SMILES string of the molecule is NC(=O)c1nn(CCN2CCOCC2)c2cc(-c3cccc(NC(=O)c4cccc(C(F)(F)F)c4)c3)ccc12. The predicted molar refractivity (Wildman–Crippen MR) is 140 cm³/mol. The summed E-state index contributed by atoms with van der Waals surface area (Å²) < 4.78 is 46.3. The molecule has 1 saturated heterocycles. The summed E-state index contributed by atoms with van der Waals surface area (Å²) in [5.74, 6) is -1.27. The standard InChI is InChI=1S/C28H26F3N5O3/c29-28(30,31)21-5-1-4-20(15-21)27(38)33-22-6-2-3-18(16-22)19-7-8-23-24(17-19)36(34-25(23)26(32)37)10-9-35-11-13-39-14-12-35/h1-8,15-17H,9-14H2,(H2,32,37)(H,33,38). The molecule has 1 aromatic heterocycles. The number of hydrogen-bond acceptors (Lipinski definition) is 5. The van der Waals surface area contributed by atoms with Crippen LogP contribution in [0, 0.1) is 0 Å². The maximum Gasteiger partial charge on any atom is 0.416 e. The zero-order chi connectivity index (χ0) is 27.6. The van der Waals surface area contributed by atoms with E-state index >= 15 is 0 Å². The lowest BCUT2D eigenvalue weighted by molar-refractivity contribution is -0.137. The van der Waals surface area contributed by atoms with Crippen LogP contribution in [-0.2, 0) is 17.5 Å². The summed E-state index contributed by atoms with van der Waals surface area (Å²) in [6, 6.07) is 16.8. The number of amides is 2. The number of primary amides is 1. The van der Waals surface area contributed by atoms with Gasteiger partial charge in [0.25, 0.3) is 11.8 Å². The molecule has 0 bridgehead atoms. The van der Waals surface area contributed by atoms with Gasteiger partial charge in [-0.25, -0.2) is 0 Å². The third-order valence-electron chi connectivity index (χ3n) is 6.62. The minimum absolute atomic E-state index is 0.0974. The van der Waals surface area contributed by atoms with E-state index in [0.29, 0.717) is 30.8 Å². The number of alkyl halides is 3. The normalized spacial score (nSPS) is 14.4. The van der Waals surface area contributed by atoms with E-state index in [1.54, 1.807) is 28.9 Å². The van der Waals surface area contributed by atoms with Crippen molar-refractivity contribution >= 4 is 28.4 Å². The molecule has 0 unspecified atom stereocenters. The molecule has 202 valence electrons. The molecule has 2 amide bonds. The third-order valence-corrected chi connectivity index (χ3v) is 6.62. The molecule has 3 aromatic carbocycles. The number of morpholine rings is 1. The Morgan fingerprint density at radius 2 is 1.69 bits per heavy atom. The van der Waals surface area contributed by atoms with E-state index in [-0.39, 0.29) is 11.3 Å². The van der Waals surface area contributed by atoms with E-state index in [0.717, 1.165) is 48.4 Å². The molecule has 39 heavy (non-hydrogen) atoms. The molecule has 11 heteroatoms. The second kappa shape index (κ2) is 10.9. The van der Waals surface area contributed by atoms with Gasteiger partial charge in [-0.15, -0.1) is 0 Å². The van der Waals surface area contributed by atoms with Crippen molar-refractivity contribution in [1.29, 1.82) is 0 Å². The van der Waals surface area contributed by atoms with Gasteiger partial charge in [-0.05, 0) is 53.6 Å². The number of nitrogens with zero attached hydrogens (tertiary/aromatic N) is 3. The van der Waals surface area contributed by atoms with Crippen LogP contribution >= 0.6 is 0 Å². The van der Waals surface area contributed by atoms with Crippen molar-refractivity contribution in [3.8, 4) is 11.1 Å². The zero-order valence-electron chi connectivity index (χ0n) is 20.9. The summed E-state index contributed by atoms with van der Waals surface area (Å²) >= 11 is 0. The van der Waals surface area contributed by atoms with Crippen molar-refractivity contribution in [3.63, 3.8) is 0 Å². The summed E-state index contributed by atoms with van der Waals surface area (Å²) in [4.78, 5) is 27.0. The smallest absolute Gasteiger partial charge is 0.379 e. The second-order valence-corrected chi connectivity index (χ2v) is 9.24. The Kier molecular flexibility index (Phi) is 7.36. The summed E-state index contributed by atoms with van der Waals surface area (Å²) in [7, 11) is 0. The van der Waals surface area contributed by atoms with E-state index in [2.05, 4.69) is 15.3 Å². The molecule has 1 aliphatic heterocycles. The molecule has 0 aliphatic carbocycles. The number of hydrogen-bond donors (Lipinski definition) is 2. The number of halogens is 3. The van der Waals surface area contributed by atoms with Crippen LogP contribution in [-0.4, -0.2) is 59.3 Å². The number of ether oxygens (including phenoxy) is 1. The summed E-state index contributed by atoms with van der Waals surface area (Å²) in [6.07, 6.45) is -4.54. The van der Waals surface area contributed by atoms with Crippen LogP contribution in [0.3, 0.4) is 0 Å². The van der Waals surface area contributed by atoms with Crippen LogP contribution in [0.15, 0.2) is 66.7 Å². The fourth-order valence-corrected chi connectivity index (χ4v) is 4.58. The van der Waals surface area contributed by atoms with E-state index in [1.165, 1.54) is 12.1 Å².